The number of anilines is 2. The molecule has 0 spiro atoms. The maximum Gasteiger partial charge on any atom is 0.226 e. The lowest BCUT2D eigenvalue weighted by molar-refractivity contribution is -0.120. The second-order valence-corrected chi connectivity index (χ2v) is 4.10. The molecule has 0 aliphatic rings. The van der Waals surface area contributed by atoms with Gasteiger partial charge in [-0.25, -0.2) is 0 Å². The average Bonchev–Trinajstić information content (AvgIpc) is 2.91. The zero-order chi connectivity index (χ0) is 13.8. The Balaban J connectivity index is 2.27. The summed E-state index contributed by atoms with van der Waals surface area (Å²) in [4.78, 5) is 21.9. The zero-order valence-corrected chi connectivity index (χ0v) is 11.2. The van der Waals surface area contributed by atoms with Gasteiger partial charge in [0.15, 0.2) is 5.65 Å². The van der Waals surface area contributed by atoms with Crippen LogP contribution in [0.25, 0.3) is 11.0 Å². The monoisotopic (exact) mass is 263 g/mol. The van der Waals surface area contributed by atoms with E-state index in [1.165, 1.54) is 0 Å². The molecule has 0 aliphatic heterocycles. The first-order valence-corrected chi connectivity index (χ1v) is 5.96. The van der Waals surface area contributed by atoms with Crippen molar-refractivity contribution in [3.05, 3.63) is 6.20 Å². The molecule has 0 saturated heterocycles. The van der Waals surface area contributed by atoms with E-state index in [4.69, 9.17) is 0 Å². The van der Waals surface area contributed by atoms with E-state index >= 15 is 0 Å². The summed E-state index contributed by atoms with van der Waals surface area (Å²) in [5.41, 5.74) is 0.668. The number of nitrogens with zero attached hydrogens (tertiary/aromatic N) is 4. The molecule has 0 bridgehead atoms. The van der Waals surface area contributed by atoms with Crippen molar-refractivity contribution >= 4 is 28.7 Å². The third kappa shape index (κ3) is 2.72. The Kier molecular flexibility index (Phi) is 3.79. The Bertz CT molecular complexity index is 579. The molecule has 0 aromatic carbocycles. The number of aromatic amines is 1. The predicted molar refractivity (Wildman–Crippen MR) is 73.2 cm³/mol. The minimum absolute atomic E-state index is 0.00168. The molecule has 0 radical (unpaired) electrons. The van der Waals surface area contributed by atoms with E-state index in [0.717, 1.165) is 11.2 Å². The lowest BCUT2D eigenvalue weighted by Crippen LogP contribution is -2.27. The van der Waals surface area contributed by atoms with Gasteiger partial charge in [0.1, 0.15) is 5.82 Å². The summed E-state index contributed by atoms with van der Waals surface area (Å²) in [6.07, 6.45) is 2.09. The molecule has 2 aromatic rings. The maximum atomic E-state index is 11.3. The molecule has 0 fully saturated rings. The van der Waals surface area contributed by atoms with Gasteiger partial charge >= 0.3 is 0 Å². The Hall–Kier alpha value is -2.38. The molecular weight excluding hydrogens is 246 g/mol. The SMILES string of the molecule is CNC(=O)CCN(C)c1nc(NC)nc2[nH]ncc12. The first-order chi connectivity index (χ1) is 9.15. The van der Waals surface area contributed by atoms with E-state index in [1.54, 1.807) is 20.3 Å². The van der Waals surface area contributed by atoms with Crippen LogP contribution in [0.2, 0.25) is 0 Å². The average molecular weight is 263 g/mol. The van der Waals surface area contributed by atoms with E-state index in [2.05, 4.69) is 30.8 Å². The van der Waals surface area contributed by atoms with Crippen molar-refractivity contribution in [2.45, 2.75) is 6.42 Å². The second kappa shape index (κ2) is 5.51. The lowest BCUT2D eigenvalue weighted by Gasteiger charge is -2.18. The van der Waals surface area contributed by atoms with Crippen LogP contribution in [0.15, 0.2) is 6.20 Å². The summed E-state index contributed by atoms with van der Waals surface area (Å²) in [6.45, 7) is 0.570. The fourth-order valence-corrected chi connectivity index (χ4v) is 1.72. The Morgan fingerprint density at radius 1 is 1.42 bits per heavy atom. The molecule has 2 aromatic heterocycles. The van der Waals surface area contributed by atoms with Crippen molar-refractivity contribution in [1.82, 2.24) is 25.5 Å². The third-order valence-corrected chi connectivity index (χ3v) is 2.83. The zero-order valence-electron chi connectivity index (χ0n) is 11.2. The number of hydrogen-bond acceptors (Lipinski definition) is 6. The number of nitrogens with one attached hydrogen (secondary N) is 3. The van der Waals surface area contributed by atoms with Crippen LogP contribution in [0.4, 0.5) is 11.8 Å². The van der Waals surface area contributed by atoms with Crippen molar-refractivity contribution in [2.75, 3.05) is 37.9 Å². The lowest BCUT2D eigenvalue weighted by atomic mass is 10.3. The largest absolute Gasteiger partial charge is 0.359 e. The summed E-state index contributed by atoms with van der Waals surface area (Å²) in [5, 5.41) is 13.1. The number of hydrogen-bond donors (Lipinski definition) is 3. The molecule has 0 atom stereocenters. The number of fused-ring (bicyclic) bond motifs is 1. The number of H-pyrrole nitrogens is 1. The highest BCUT2D eigenvalue weighted by Gasteiger charge is 2.13. The van der Waals surface area contributed by atoms with E-state index in [9.17, 15) is 4.79 Å². The normalized spacial score (nSPS) is 10.5. The van der Waals surface area contributed by atoms with Gasteiger partial charge in [0.25, 0.3) is 0 Å². The Labute approximate surface area is 110 Å². The van der Waals surface area contributed by atoms with Gasteiger partial charge in [0, 0.05) is 34.1 Å². The molecule has 102 valence electrons. The predicted octanol–water partition coefficient (Wildman–Crippen LogP) is -0.0331. The topological polar surface area (TPSA) is 98.8 Å². The number of amides is 1. The van der Waals surface area contributed by atoms with Crippen molar-refractivity contribution in [2.24, 2.45) is 0 Å². The van der Waals surface area contributed by atoms with Crippen LogP contribution in [-0.4, -0.2) is 53.8 Å². The fourth-order valence-electron chi connectivity index (χ4n) is 1.72. The summed E-state index contributed by atoms with van der Waals surface area (Å²) in [7, 11) is 5.27. The highest BCUT2D eigenvalue weighted by atomic mass is 16.1. The van der Waals surface area contributed by atoms with E-state index in [1.807, 2.05) is 11.9 Å². The van der Waals surface area contributed by atoms with Gasteiger partial charge in [0.05, 0.1) is 11.6 Å². The van der Waals surface area contributed by atoms with Crippen LogP contribution in [-0.2, 0) is 4.79 Å². The molecular formula is C11H17N7O. The molecule has 2 rings (SSSR count). The Morgan fingerprint density at radius 2 is 2.21 bits per heavy atom. The van der Waals surface area contributed by atoms with Gasteiger partial charge in [-0.15, -0.1) is 0 Å². The fraction of sp³-hybridized carbons (Fsp3) is 0.455. The van der Waals surface area contributed by atoms with Crippen LogP contribution in [0.5, 0.6) is 0 Å². The third-order valence-electron chi connectivity index (χ3n) is 2.83. The molecule has 19 heavy (non-hydrogen) atoms. The van der Waals surface area contributed by atoms with E-state index < -0.39 is 0 Å². The molecule has 8 nitrogen and oxygen atoms in total. The number of carbonyl (C=O) groups excluding carboxylic acids is 1. The van der Waals surface area contributed by atoms with Gasteiger partial charge in [-0.3, -0.25) is 9.89 Å². The summed E-state index contributed by atoms with van der Waals surface area (Å²) in [5.74, 6) is 1.25. The minimum Gasteiger partial charge on any atom is -0.359 e. The maximum absolute atomic E-state index is 11.3. The van der Waals surface area contributed by atoms with Crippen LogP contribution in [0.1, 0.15) is 6.42 Å². The molecule has 2 heterocycles. The summed E-state index contributed by atoms with van der Waals surface area (Å²) < 4.78 is 0. The van der Waals surface area contributed by atoms with Gasteiger partial charge in [-0.05, 0) is 0 Å². The van der Waals surface area contributed by atoms with Crippen LogP contribution in [0.3, 0.4) is 0 Å². The van der Waals surface area contributed by atoms with Gasteiger partial charge < -0.3 is 15.5 Å². The van der Waals surface area contributed by atoms with Gasteiger partial charge in [0.2, 0.25) is 11.9 Å². The van der Waals surface area contributed by atoms with Crippen LogP contribution >= 0.6 is 0 Å². The van der Waals surface area contributed by atoms with E-state index in [-0.39, 0.29) is 5.91 Å². The van der Waals surface area contributed by atoms with Crippen molar-refractivity contribution in [1.29, 1.82) is 0 Å². The minimum atomic E-state index is -0.00168. The van der Waals surface area contributed by atoms with Crippen molar-refractivity contribution in [3.8, 4) is 0 Å². The van der Waals surface area contributed by atoms with Crippen LogP contribution in [0, 0.1) is 0 Å². The molecule has 1 amide bonds. The smallest absolute Gasteiger partial charge is 0.226 e. The first-order valence-electron chi connectivity index (χ1n) is 5.96. The highest BCUT2D eigenvalue weighted by molar-refractivity contribution is 5.87. The quantitative estimate of drug-likeness (QED) is 0.700. The van der Waals surface area contributed by atoms with Crippen LogP contribution < -0.4 is 15.5 Å². The summed E-state index contributed by atoms with van der Waals surface area (Å²) in [6, 6.07) is 0. The molecule has 8 heteroatoms. The second-order valence-electron chi connectivity index (χ2n) is 4.10. The highest BCUT2D eigenvalue weighted by Crippen LogP contribution is 2.22. The number of carbonyl (C=O) groups is 1. The molecule has 3 N–H and O–H groups in total. The molecule has 0 aliphatic carbocycles. The standard InChI is InChI=1S/C11H17N7O/c1-12-8(19)4-5-18(3)10-7-6-14-17-9(7)15-11(13-2)16-10/h6H,4-5H2,1-3H3,(H,12,19)(H2,13,14,15,16,17). The van der Waals surface area contributed by atoms with Crippen molar-refractivity contribution in [3.63, 3.8) is 0 Å². The summed E-state index contributed by atoms with van der Waals surface area (Å²) >= 11 is 0. The Morgan fingerprint density at radius 3 is 2.89 bits per heavy atom. The molecule has 0 saturated carbocycles. The first kappa shape index (κ1) is 13.1. The number of aromatic nitrogens is 4. The number of rotatable bonds is 5. The van der Waals surface area contributed by atoms with Gasteiger partial charge in [-0.2, -0.15) is 15.1 Å². The molecule has 0 unspecified atom stereocenters. The van der Waals surface area contributed by atoms with Crippen molar-refractivity contribution < 1.29 is 4.79 Å². The van der Waals surface area contributed by atoms with Gasteiger partial charge in [-0.1, -0.05) is 0 Å². The van der Waals surface area contributed by atoms with E-state index in [0.29, 0.717) is 24.6 Å².